The van der Waals surface area contributed by atoms with Crippen LogP contribution in [0.15, 0.2) is 18.2 Å². The van der Waals surface area contributed by atoms with Gasteiger partial charge in [-0.25, -0.2) is 4.79 Å². The van der Waals surface area contributed by atoms with E-state index in [0.717, 1.165) is 0 Å². The highest BCUT2D eigenvalue weighted by atomic mass is 35.5. The van der Waals surface area contributed by atoms with Crippen LogP contribution in [-0.2, 0) is 0 Å². The Morgan fingerprint density at radius 3 is 2.79 bits per heavy atom. The van der Waals surface area contributed by atoms with Gasteiger partial charge in [-0.3, -0.25) is 10.7 Å². The second kappa shape index (κ2) is 5.09. The van der Waals surface area contributed by atoms with Crippen molar-refractivity contribution in [2.24, 2.45) is 5.92 Å². The van der Waals surface area contributed by atoms with E-state index in [0.29, 0.717) is 18.0 Å². The number of carbonyl (C=O) groups is 1. The van der Waals surface area contributed by atoms with Crippen molar-refractivity contribution in [3.05, 3.63) is 28.8 Å². The highest BCUT2D eigenvalue weighted by Gasteiger charge is 2.37. The van der Waals surface area contributed by atoms with Crippen molar-refractivity contribution >= 4 is 23.5 Å². The first-order valence-corrected chi connectivity index (χ1v) is 6.42. The zero-order valence-corrected chi connectivity index (χ0v) is 11.5. The van der Waals surface area contributed by atoms with E-state index in [1.54, 1.807) is 17.0 Å². The Hall–Kier alpha value is -1.75. The van der Waals surface area contributed by atoms with Crippen LogP contribution in [0.2, 0.25) is 5.02 Å². The lowest BCUT2D eigenvalue weighted by Gasteiger charge is -2.24. The van der Waals surface area contributed by atoms with E-state index in [2.05, 4.69) is 5.32 Å². The van der Waals surface area contributed by atoms with Crippen molar-refractivity contribution in [2.75, 3.05) is 6.54 Å². The fraction of sp³-hybridized carbons (Fsp3) is 0.385. The molecule has 5 nitrogen and oxygen atoms in total. The fourth-order valence-electron chi connectivity index (χ4n) is 2.15. The van der Waals surface area contributed by atoms with Crippen molar-refractivity contribution < 1.29 is 9.90 Å². The quantitative estimate of drug-likeness (QED) is 0.797. The number of aromatic hydroxyl groups is 1. The molecule has 1 unspecified atom stereocenters. The molecule has 19 heavy (non-hydrogen) atoms. The van der Waals surface area contributed by atoms with Crippen LogP contribution in [0.1, 0.15) is 25.5 Å². The molecule has 1 aromatic rings. The van der Waals surface area contributed by atoms with Gasteiger partial charge in [0.05, 0.1) is 5.02 Å². The zero-order valence-electron chi connectivity index (χ0n) is 10.8. The molecular formula is C13H16ClN3O2. The minimum atomic E-state index is -0.465. The normalized spacial score (nSPS) is 19.2. The molecular weight excluding hydrogens is 266 g/mol. The molecule has 2 amide bonds. The molecule has 0 saturated carbocycles. The molecule has 1 aliphatic rings. The molecule has 0 bridgehead atoms. The number of halogens is 1. The summed E-state index contributed by atoms with van der Waals surface area (Å²) in [5, 5.41) is 20.1. The Labute approximate surface area is 116 Å². The third-order valence-corrected chi connectivity index (χ3v) is 3.24. The summed E-state index contributed by atoms with van der Waals surface area (Å²) in [5.41, 5.74) is 0.715. The molecule has 1 fully saturated rings. The molecule has 3 N–H and O–H groups in total. The number of phenols is 1. The molecule has 1 aromatic carbocycles. The summed E-state index contributed by atoms with van der Waals surface area (Å²) in [6, 6.07) is 4.00. The Kier molecular flexibility index (Phi) is 3.66. The lowest BCUT2D eigenvalue weighted by molar-refractivity contribution is 0.198. The molecule has 0 radical (unpaired) electrons. The van der Waals surface area contributed by atoms with Gasteiger partial charge in [-0.15, -0.1) is 0 Å². The van der Waals surface area contributed by atoms with Gasteiger partial charge >= 0.3 is 6.03 Å². The van der Waals surface area contributed by atoms with Gasteiger partial charge in [-0.2, -0.15) is 0 Å². The Morgan fingerprint density at radius 1 is 1.53 bits per heavy atom. The van der Waals surface area contributed by atoms with E-state index in [1.165, 1.54) is 6.07 Å². The number of phenolic OH excluding ortho intramolecular Hbond substituents is 1. The van der Waals surface area contributed by atoms with Gasteiger partial charge in [-0.1, -0.05) is 31.5 Å². The molecule has 1 heterocycles. The molecule has 6 heteroatoms. The minimum Gasteiger partial charge on any atom is -0.506 e. The third kappa shape index (κ3) is 2.66. The summed E-state index contributed by atoms with van der Waals surface area (Å²) >= 11 is 5.89. The number of hydrogen-bond donors (Lipinski definition) is 3. The first-order valence-electron chi connectivity index (χ1n) is 6.04. The summed E-state index contributed by atoms with van der Waals surface area (Å²) < 4.78 is 0. The van der Waals surface area contributed by atoms with Gasteiger partial charge in [0, 0.05) is 6.54 Å². The van der Waals surface area contributed by atoms with Crippen molar-refractivity contribution in [2.45, 2.75) is 19.9 Å². The molecule has 0 aromatic heterocycles. The van der Waals surface area contributed by atoms with Gasteiger partial charge in [0.25, 0.3) is 0 Å². The summed E-state index contributed by atoms with van der Waals surface area (Å²) in [7, 11) is 0. The van der Waals surface area contributed by atoms with Crippen molar-refractivity contribution in [1.82, 2.24) is 10.2 Å². The summed E-state index contributed by atoms with van der Waals surface area (Å²) in [6.07, 6.45) is 0. The first kappa shape index (κ1) is 13.7. The SMILES string of the molecule is CC(C)CN1C(=O)NC(=N)C1c1ccc(O)c(Cl)c1. The standard InChI is InChI=1S/C13H16ClN3O2/c1-7(2)6-17-11(12(15)16-13(17)19)8-3-4-10(18)9(14)5-8/h3-5,7,11,18H,6H2,1-2H3,(H2,15,16,19). The Morgan fingerprint density at radius 2 is 2.21 bits per heavy atom. The number of amides is 2. The van der Waals surface area contributed by atoms with Crippen molar-refractivity contribution in [3.63, 3.8) is 0 Å². The third-order valence-electron chi connectivity index (χ3n) is 2.94. The van der Waals surface area contributed by atoms with E-state index in [1.807, 2.05) is 13.8 Å². The highest BCUT2D eigenvalue weighted by molar-refractivity contribution is 6.32. The maximum Gasteiger partial charge on any atom is 0.323 e. The summed E-state index contributed by atoms with van der Waals surface area (Å²) in [5.74, 6) is 0.420. The van der Waals surface area contributed by atoms with Crippen LogP contribution in [0.25, 0.3) is 0 Å². The van der Waals surface area contributed by atoms with Crippen LogP contribution >= 0.6 is 11.6 Å². The number of urea groups is 1. The first-order chi connectivity index (χ1) is 8.90. The highest BCUT2D eigenvalue weighted by Crippen LogP contribution is 2.32. The second-order valence-corrected chi connectivity index (χ2v) is 5.41. The van der Waals surface area contributed by atoms with Gasteiger partial charge < -0.3 is 10.0 Å². The second-order valence-electron chi connectivity index (χ2n) is 5.00. The predicted octanol–water partition coefficient (Wildman–Crippen LogP) is 2.75. The van der Waals surface area contributed by atoms with Crippen LogP contribution in [0.5, 0.6) is 5.75 Å². The molecule has 1 aliphatic heterocycles. The van der Waals surface area contributed by atoms with Crippen LogP contribution in [-0.4, -0.2) is 28.4 Å². The number of hydrogen-bond acceptors (Lipinski definition) is 3. The van der Waals surface area contributed by atoms with E-state index in [9.17, 15) is 9.90 Å². The van der Waals surface area contributed by atoms with Crippen LogP contribution in [0.4, 0.5) is 4.79 Å². The van der Waals surface area contributed by atoms with Gasteiger partial charge in [0.15, 0.2) is 0 Å². The number of rotatable bonds is 3. The number of carbonyl (C=O) groups excluding carboxylic acids is 1. The maximum absolute atomic E-state index is 11.8. The van der Waals surface area contributed by atoms with E-state index < -0.39 is 6.04 Å². The molecule has 102 valence electrons. The average molecular weight is 282 g/mol. The van der Waals surface area contributed by atoms with E-state index in [4.69, 9.17) is 17.0 Å². The lowest BCUT2D eigenvalue weighted by atomic mass is 10.0. The molecule has 1 atom stereocenters. The number of amidine groups is 1. The van der Waals surface area contributed by atoms with E-state index >= 15 is 0 Å². The van der Waals surface area contributed by atoms with Crippen molar-refractivity contribution in [1.29, 1.82) is 5.41 Å². The minimum absolute atomic E-state index is 0.00959. The molecule has 1 saturated heterocycles. The lowest BCUT2D eigenvalue weighted by Crippen LogP contribution is -2.33. The molecule has 0 aliphatic carbocycles. The number of nitrogens with zero attached hydrogens (tertiary/aromatic N) is 1. The Balaban J connectivity index is 2.36. The van der Waals surface area contributed by atoms with Gasteiger partial charge in [-0.05, 0) is 23.6 Å². The topological polar surface area (TPSA) is 76.4 Å². The predicted molar refractivity (Wildman–Crippen MR) is 73.7 cm³/mol. The zero-order chi connectivity index (χ0) is 14.2. The molecule has 2 rings (SSSR count). The fourth-order valence-corrected chi connectivity index (χ4v) is 2.34. The number of benzene rings is 1. The largest absolute Gasteiger partial charge is 0.506 e. The smallest absolute Gasteiger partial charge is 0.323 e. The van der Waals surface area contributed by atoms with E-state index in [-0.39, 0.29) is 22.6 Å². The monoisotopic (exact) mass is 281 g/mol. The maximum atomic E-state index is 11.8. The van der Waals surface area contributed by atoms with Crippen LogP contribution in [0.3, 0.4) is 0 Å². The number of nitrogens with one attached hydrogen (secondary N) is 2. The van der Waals surface area contributed by atoms with Crippen LogP contribution < -0.4 is 5.32 Å². The van der Waals surface area contributed by atoms with Crippen molar-refractivity contribution in [3.8, 4) is 5.75 Å². The summed E-state index contributed by atoms with van der Waals surface area (Å²) in [6.45, 7) is 4.57. The average Bonchev–Trinajstić information content (AvgIpc) is 2.57. The Bertz CT molecular complexity index is 531. The van der Waals surface area contributed by atoms with Gasteiger partial charge in [0.2, 0.25) is 0 Å². The molecule has 0 spiro atoms. The van der Waals surface area contributed by atoms with Crippen LogP contribution in [0, 0.1) is 11.3 Å². The van der Waals surface area contributed by atoms with Gasteiger partial charge in [0.1, 0.15) is 17.6 Å². The summed E-state index contributed by atoms with van der Waals surface area (Å²) in [4.78, 5) is 13.5.